The highest BCUT2D eigenvalue weighted by Crippen LogP contribution is 2.31. The van der Waals surface area contributed by atoms with E-state index in [1.54, 1.807) is 13.0 Å². The molecule has 3 rings (SSSR count). The average Bonchev–Trinajstić information content (AvgIpc) is 2.54. The number of benzene rings is 1. The van der Waals surface area contributed by atoms with Gasteiger partial charge in [0.15, 0.2) is 0 Å². The summed E-state index contributed by atoms with van der Waals surface area (Å²) in [6, 6.07) is 7.26. The number of hydrogen-bond donors (Lipinski definition) is 1. The molecule has 1 atom stereocenters. The summed E-state index contributed by atoms with van der Waals surface area (Å²) in [4.78, 5) is 6.73. The van der Waals surface area contributed by atoms with Crippen LogP contribution in [0.5, 0.6) is 0 Å². The Labute approximate surface area is 129 Å². The quantitative estimate of drug-likeness (QED) is 0.785. The van der Waals surface area contributed by atoms with E-state index in [1.807, 2.05) is 18.2 Å². The molecule has 0 saturated carbocycles. The molecule has 2 aromatic heterocycles. The molecule has 0 unspecified atom stereocenters. The van der Waals surface area contributed by atoms with Crippen molar-refractivity contribution in [2.45, 2.75) is 19.0 Å². The van der Waals surface area contributed by atoms with Crippen molar-refractivity contribution in [1.29, 1.82) is 0 Å². The lowest BCUT2D eigenvalue weighted by atomic mass is 9.98. The first-order chi connectivity index (χ1) is 10.9. The van der Waals surface area contributed by atoms with Gasteiger partial charge in [-0.05, 0) is 11.6 Å². The zero-order valence-corrected chi connectivity index (χ0v) is 12.0. The Hall–Kier alpha value is -2.77. The van der Waals surface area contributed by atoms with E-state index in [0.29, 0.717) is 22.5 Å². The minimum absolute atomic E-state index is 0.380. The number of nitrogens with zero attached hydrogens (tertiary/aromatic N) is 4. The fraction of sp³-hybridized carbons (Fsp3) is 0.200. The van der Waals surface area contributed by atoms with Gasteiger partial charge in [-0.1, -0.05) is 25.1 Å². The Kier molecular flexibility index (Phi) is 3.59. The summed E-state index contributed by atoms with van der Waals surface area (Å²) in [5.41, 5.74) is 8.20. The van der Waals surface area contributed by atoms with E-state index in [4.69, 9.17) is 5.73 Å². The monoisotopic (exact) mass is 319 g/mol. The number of halogens is 3. The lowest BCUT2D eigenvalue weighted by Gasteiger charge is -2.14. The van der Waals surface area contributed by atoms with Crippen molar-refractivity contribution in [1.82, 2.24) is 20.2 Å². The predicted molar refractivity (Wildman–Crippen MR) is 78.5 cm³/mol. The molecule has 0 fully saturated rings. The van der Waals surface area contributed by atoms with Gasteiger partial charge in [0.05, 0.1) is 16.9 Å². The molecule has 0 aliphatic rings. The molecule has 0 aliphatic heterocycles. The lowest BCUT2D eigenvalue weighted by molar-refractivity contribution is -0.145. The van der Waals surface area contributed by atoms with Crippen molar-refractivity contribution in [3.05, 3.63) is 53.7 Å². The van der Waals surface area contributed by atoms with Crippen molar-refractivity contribution < 1.29 is 13.2 Å². The van der Waals surface area contributed by atoms with E-state index < -0.39 is 12.0 Å². The van der Waals surface area contributed by atoms with Crippen LogP contribution in [0.3, 0.4) is 0 Å². The molecule has 0 aliphatic carbocycles. The van der Waals surface area contributed by atoms with Gasteiger partial charge in [-0.15, -0.1) is 0 Å². The Morgan fingerprint density at radius 1 is 1.04 bits per heavy atom. The first kappa shape index (κ1) is 15.1. The van der Waals surface area contributed by atoms with Crippen LogP contribution in [-0.4, -0.2) is 20.2 Å². The van der Waals surface area contributed by atoms with E-state index in [1.165, 1.54) is 0 Å². The van der Waals surface area contributed by atoms with Crippen LogP contribution in [-0.2, 0) is 6.18 Å². The third kappa shape index (κ3) is 2.79. The average molecular weight is 319 g/mol. The molecule has 8 heteroatoms. The maximum absolute atomic E-state index is 12.5. The van der Waals surface area contributed by atoms with Crippen molar-refractivity contribution in [3.8, 4) is 0 Å². The summed E-state index contributed by atoms with van der Waals surface area (Å²) in [5, 5.41) is 8.94. The van der Waals surface area contributed by atoms with Crippen LogP contribution in [0.2, 0.25) is 0 Å². The van der Waals surface area contributed by atoms with E-state index in [9.17, 15) is 13.2 Å². The highest BCUT2D eigenvalue weighted by molar-refractivity contribution is 5.90. The summed E-state index contributed by atoms with van der Waals surface area (Å²) < 4.78 is 37.5. The Bertz CT molecular complexity index is 846. The first-order valence-electron chi connectivity index (χ1n) is 6.78. The maximum Gasteiger partial charge on any atom is 0.451 e. The van der Waals surface area contributed by atoms with Crippen LogP contribution in [0.4, 0.5) is 18.9 Å². The fourth-order valence-electron chi connectivity index (χ4n) is 2.27. The zero-order chi connectivity index (χ0) is 16.6. The third-order valence-electron chi connectivity index (χ3n) is 3.57. The molecular weight excluding hydrogens is 307 g/mol. The number of nitrogens with two attached hydrogens (primary N) is 1. The van der Waals surface area contributed by atoms with E-state index in [0.717, 1.165) is 17.8 Å². The van der Waals surface area contributed by atoms with Gasteiger partial charge in [-0.3, -0.25) is 0 Å². The minimum Gasteiger partial charge on any atom is -0.397 e. The molecule has 118 valence electrons. The van der Waals surface area contributed by atoms with Crippen LogP contribution in [0.1, 0.15) is 29.9 Å². The van der Waals surface area contributed by atoms with Gasteiger partial charge >= 0.3 is 6.18 Å². The van der Waals surface area contributed by atoms with Crippen molar-refractivity contribution in [3.63, 3.8) is 0 Å². The lowest BCUT2D eigenvalue weighted by Crippen LogP contribution is -2.12. The van der Waals surface area contributed by atoms with Crippen LogP contribution in [0.15, 0.2) is 36.7 Å². The number of alkyl halides is 3. The largest absolute Gasteiger partial charge is 0.451 e. The minimum atomic E-state index is -4.57. The fourth-order valence-corrected chi connectivity index (χ4v) is 2.27. The molecule has 2 heterocycles. The number of hydrogen-bond acceptors (Lipinski definition) is 5. The van der Waals surface area contributed by atoms with Gasteiger partial charge in [-0.2, -0.15) is 23.4 Å². The maximum atomic E-state index is 12.5. The predicted octanol–water partition coefficient (Wildman–Crippen LogP) is 3.17. The van der Waals surface area contributed by atoms with Crippen LogP contribution < -0.4 is 5.73 Å². The van der Waals surface area contributed by atoms with Gasteiger partial charge in [0.25, 0.3) is 0 Å². The summed E-state index contributed by atoms with van der Waals surface area (Å²) >= 11 is 0. The molecule has 5 nitrogen and oxygen atoms in total. The van der Waals surface area contributed by atoms with Gasteiger partial charge < -0.3 is 5.73 Å². The van der Waals surface area contributed by atoms with Crippen LogP contribution in [0, 0.1) is 0 Å². The topological polar surface area (TPSA) is 77.6 Å². The highest BCUT2D eigenvalue weighted by Gasteiger charge is 2.34. The second-order valence-electron chi connectivity index (χ2n) is 5.08. The smallest absolute Gasteiger partial charge is 0.397 e. The second-order valence-corrected chi connectivity index (χ2v) is 5.08. The van der Waals surface area contributed by atoms with Gasteiger partial charge in [-0.25, -0.2) is 9.97 Å². The molecule has 0 saturated heterocycles. The Morgan fingerprint density at radius 2 is 1.70 bits per heavy atom. The molecule has 0 radical (unpaired) electrons. The SMILES string of the molecule is C[C@H](c1cnc(C(F)(F)F)nc1)c1nnc2ccccc2c1N. The second kappa shape index (κ2) is 5.45. The van der Waals surface area contributed by atoms with Crippen molar-refractivity contribution >= 4 is 16.6 Å². The van der Waals surface area contributed by atoms with Crippen LogP contribution >= 0.6 is 0 Å². The summed E-state index contributed by atoms with van der Waals surface area (Å²) in [6.07, 6.45) is -2.29. The van der Waals surface area contributed by atoms with Gasteiger partial charge in [0.1, 0.15) is 0 Å². The highest BCUT2D eigenvalue weighted by atomic mass is 19.4. The summed E-state index contributed by atoms with van der Waals surface area (Å²) in [7, 11) is 0. The third-order valence-corrected chi connectivity index (χ3v) is 3.57. The molecule has 2 N–H and O–H groups in total. The Morgan fingerprint density at radius 3 is 2.35 bits per heavy atom. The summed E-state index contributed by atoms with van der Waals surface area (Å²) in [5.74, 6) is -1.56. The van der Waals surface area contributed by atoms with Crippen LogP contribution in [0.25, 0.3) is 10.9 Å². The molecule has 0 spiro atoms. The standard InChI is InChI=1S/C15H12F3N5/c1-8(9-6-20-14(21-7-9)15(16,17)18)13-12(19)10-4-2-3-5-11(10)22-23-13/h2-8H,1H3,(H2,19,22)/t8-/m1/s1. The van der Waals surface area contributed by atoms with Crippen molar-refractivity contribution in [2.24, 2.45) is 0 Å². The Balaban J connectivity index is 2.00. The van der Waals surface area contributed by atoms with E-state index in [2.05, 4.69) is 20.2 Å². The zero-order valence-electron chi connectivity index (χ0n) is 12.0. The molecule has 1 aromatic carbocycles. The number of nitrogen functional groups attached to an aromatic ring is 1. The molecular formula is C15H12F3N5. The van der Waals surface area contributed by atoms with Gasteiger partial charge in [0, 0.05) is 23.7 Å². The van der Waals surface area contributed by atoms with E-state index in [-0.39, 0.29) is 5.92 Å². The molecule has 3 aromatic rings. The molecule has 0 bridgehead atoms. The number of anilines is 1. The van der Waals surface area contributed by atoms with Crippen molar-refractivity contribution in [2.75, 3.05) is 5.73 Å². The molecule has 0 amide bonds. The number of aromatic nitrogens is 4. The summed E-state index contributed by atoms with van der Waals surface area (Å²) in [6.45, 7) is 1.76. The first-order valence-corrected chi connectivity index (χ1v) is 6.78. The van der Waals surface area contributed by atoms with Gasteiger partial charge in [0.2, 0.25) is 5.82 Å². The molecule has 23 heavy (non-hydrogen) atoms. The number of fused-ring (bicyclic) bond motifs is 1. The number of rotatable bonds is 2. The van der Waals surface area contributed by atoms with E-state index >= 15 is 0 Å². The normalized spacial score (nSPS) is 13.2.